The van der Waals surface area contributed by atoms with Crippen molar-refractivity contribution >= 4 is 23.4 Å². The SMILES string of the molecule is Cc1nc(Sc2cc(Cl)nc(C(F)(F)F)n2)n[nH]1. The topological polar surface area (TPSA) is 67.3 Å². The van der Waals surface area contributed by atoms with Crippen molar-refractivity contribution in [1.29, 1.82) is 0 Å². The van der Waals surface area contributed by atoms with Gasteiger partial charge in [0.15, 0.2) is 0 Å². The van der Waals surface area contributed by atoms with Crippen molar-refractivity contribution in [3.63, 3.8) is 0 Å². The Hall–Kier alpha value is -1.35. The molecule has 2 heterocycles. The van der Waals surface area contributed by atoms with Crippen molar-refractivity contribution in [1.82, 2.24) is 25.1 Å². The highest BCUT2D eigenvalue weighted by molar-refractivity contribution is 7.99. The van der Waals surface area contributed by atoms with Crippen molar-refractivity contribution in [3.05, 3.63) is 22.9 Å². The average Bonchev–Trinajstić information content (AvgIpc) is 2.61. The van der Waals surface area contributed by atoms with Gasteiger partial charge in [-0.25, -0.2) is 15.0 Å². The Morgan fingerprint density at radius 1 is 1.28 bits per heavy atom. The van der Waals surface area contributed by atoms with Crippen LogP contribution in [0.2, 0.25) is 5.15 Å². The number of halogens is 4. The molecule has 2 aromatic heterocycles. The zero-order valence-corrected chi connectivity index (χ0v) is 10.4. The van der Waals surface area contributed by atoms with Crippen molar-refractivity contribution in [2.45, 2.75) is 23.3 Å². The number of aryl methyl sites for hydroxylation is 1. The maximum atomic E-state index is 12.5. The maximum absolute atomic E-state index is 12.5. The summed E-state index contributed by atoms with van der Waals surface area (Å²) in [6, 6.07) is 1.22. The molecule has 2 rings (SSSR count). The van der Waals surface area contributed by atoms with Crippen LogP contribution in [-0.2, 0) is 6.18 Å². The Labute approximate surface area is 108 Å². The van der Waals surface area contributed by atoms with E-state index in [1.165, 1.54) is 6.07 Å². The first-order chi connectivity index (χ1) is 8.34. The van der Waals surface area contributed by atoms with Crippen LogP contribution in [0.1, 0.15) is 11.6 Å². The third-order valence-electron chi connectivity index (χ3n) is 1.70. The van der Waals surface area contributed by atoms with Gasteiger partial charge in [0.25, 0.3) is 0 Å². The summed E-state index contributed by atoms with van der Waals surface area (Å²) in [6.07, 6.45) is -4.64. The molecular weight excluding hydrogens is 291 g/mol. The molecule has 0 aliphatic carbocycles. The standard InChI is InChI=1S/C8H5ClF3N5S/c1-3-13-7(17-16-3)18-5-2-4(9)14-6(15-5)8(10,11)12/h2H,1H3,(H,13,16,17). The summed E-state index contributed by atoms with van der Waals surface area (Å²) in [4.78, 5) is 10.4. The van der Waals surface area contributed by atoms with Crippen LogP contribution in [0.25, 0.3) is 0 Å². The minimum absolute atomic E-state index is 0.0290. The fraction of sp³-hybridized carbons (Fsp3) is 0.250. The van der Waals surface area contributed by atoms with Crippen molar-refractivity contribution < 1.29 is 13.2 Å². The highest BCUT2D eigenvalue weighted by atomic mass is 35.5. The lowest BCUT2D eigenvalue weighted by Crippen LogP contribution is -2.11. The fourth-order valence-electron chi connectivity index (χ4n) is 1.04. The van der Waals surface area contributed by atoms with E-state index in [-0.39, 0.29) is 15.3 Å². The third-order valence-corrected chi connectivity index (χ3v) is 2.67. The minimum Gasteiger partial charge on any atom is -0.262 e. The van der Waals surface area contributed by atoms with Crippen LogP contribution in [0.15, 0.2) is 16.2 Å². The van der Waals surface area contributed by atoms with Crippen LogP contribution in [0.5, 0.6) is 0 Å². The van der Waals surface area contributed by atoms with Crippen LogP contribution in [0.3, 0.4) is 0 Å². The highest BCUT2D eigenvalue weighted by Crippen LogP contribution is 2.31. The van der Waals surface area contributed by atoms with E-state index in [4.69, 9.17) is 11.6 Å². The van der Waals surface area contributed by atoms with Crippen LogP contribution < -0.4 is 0 Å². The lowest BCUT2D eigenvalue weighted by atomic mass is 10.5. The van der Waals surface area contributed by atoms with E-state index in [1.807, 2.05) is 0 Å². The summed E-state index contributed by atoms with van der Waals surface area (Å²) >= 11 is 6.38. The van der Waals surface area contributed by atoms with Crippen LogP contribution in [0, 0.1) is 6.92 Å². The molecule has 18 heavy (non-hydrogen) atoms. The fourth-order valence-corrected chi connectivity index (χ4v) is 2.05. The normalized spacial score (nSPS) is 11.8. The second-order valence-electron chi connectivity index (χ2n) is 3.16. The number of rotatable bonds is 2. The van der Waals surface area contributed by atoms with Gasteiger partial charge in [-0.3, -0.25) is 5.10 Å². The van der Waals surface area contributed by atoms with Gasteiger partial charge in [0.2, 0.25) is 11.0 Å². The number of nitrogens with zero attached hydrogens (tertiary/aromatic N) is 4. The molecule has 2 aromatic rings. The lowest BCUT2D eigenvalue weighted by Gasteiger charge is -2.06. The highest BCUT2D eigenvalue weighted by Gasteiger charge is 2.35. The molecule has 0 radical (unpaired) electrons. The zero-order valence-electron chi connectivity index (χ0n) is 8.79. The predicted octanol–water partition coefficient (Wildman–Crippen LogP) is 2.73. The molecule has 0 unspecified atom stereocenters. The van der Waals surface area contributed by atoms with Gasteiger partial charge in [-0.2, -0.15) is 13.2 Å². The number of H-pyrrole nitrogens is 1. The quantitative estimate of drug-likeness (QED) is 0.863. The molecule has 10 heteroatoms. The monoisotopic (exact) mass is 295 g/mol. The van der Waals surface area contributed by atoms with E-state index in [9.17, 15) is 13.2 Å². The summed E-state index contributed by atoms with van der Waals surface area (Å²) in [5, 5.41) is 6.35. The molecule has 0 bridgehead atoms. The third kappa shape index (κ3) is 3.10. The summed E-state index contributed by atoms with van der Waals surface area (Å²) in [5.41, 5.74) is 0. The maximum Gasteiger partial charge on any atom is 0.451 e. The van der Waals surface area contributed by atoms with Gasteiger partial charge < -0.3 is 0 Å². The number of aromatic nitrogens is 5. The van der Waals surface area contributed by atoms with Gasteiger partial charge in [-0.05, 0) is 18.7 Å². The molecule has 1 N–H and O–H groups in total. The summed E-state index contributed by atoms with van der Waals surface area (Å²) in [7, 11) is 0. The first kappa shape index (κ1) is 13.1. The summed E-state index contributed by atoms with van der Waals surface area (Å²) < 4.78 is 37.4. The number of hydrogen-bond acceptors (Lipinski definition) is 5. The predicted molar refractivity (Wildman–Crippen MR) is 57.3 cm³/mol. The van der Waals surface area contributed by atoms with E-state index >= 15 is 0 Å². The molecule has 0 spiro atoms. The number of nitrogens with one attached hydrogen (secondary N) is 1. The van der Waals surface area contributed by atoms with Gasteiger partial charge in [0.05, 0.1) is 0 Å². The molecule has 0 aromatic carbocycles. The van der Waals surface area contributed by atoms with E-state index in [2.05, 4.69) is 25.1 Å². The van der Waals surface area contributed by atoms with Crippen molar-refractivity contribution in [3.8, 4) is 0 Å². The van der Waals surface area contributed by atoms with E-state index in [0.717, 1.165) is 11.8 Å². The molecular formula is C8H5ClF3N5S. The van der Waals surface area contributed by atoms with Crippen LogP contribution in [-0.4, -0.2) is 25.1 Å². The molecule has 0 aliphatic heterocycles. The first-order valence-corrected chi connectivity index (χ1v) is 5.72. The summed E-state index contributed by atoms with van der Waals surface area (Å²) in [6.45, 7) is 1.67. The molecule has 0 saturated carbocycles. The smallest absolute Gasteiger partial charge is 0.262 e. The van der Waals surface area contributed by atoms with Crippen molar-refractivity contribution in [2.75, 3.05) is 0 Å². The Balaban J connectivity index is 2.31. The Bertz CT molecular complexity index is 570. The van der Waals surface area contributed by atoms with Gasteiger partial charge in [-0.15, -0.1) is 5.10 Å². The molecule has 0 atom stereocenters. The average molecular weight is 296 g/mol. The molecule has 0 fully saturated rings. The molecule has 0 aliphatic rings. The van der Waals surface area contributed by atoms with E-state index < -0.39 is 12.0 Å². The van der Waals surface area contributed by atoms with Crippen molar-refractivity contribution in [2.24, 2.45) is 0 Å². The number of hydrogen-bond donors (Lipinski definition) is 1. The van der Waals surface area contributed by atoms with Crippen LogP contribution >= 0.6 is 23.4 Å². The molecule has 96 valence electrons. The second-order valence-corrected chi connectivity index (χ2v) is 4.53. The lowest BCUT2D eigenvalue weighted by molar-refractivity contribution is -0.145. The van der Waals surface area contributed by atoms with Gasteiger partial charge in [0.1, 0.15) is 16.0 Å². The Morgan fingerprint density at radius 3 is 2.56 bits per heavy atom. The molecule has 0 saturated heterocycles. The van der Waals surface area contributed by atoms with E-state index in [1.54, 1.807) is 6.92 Å². The summed E-state index contributed by atoms with van der Waals surface area (Å²) in [5.74, 6) is -0.738. The molecule has 0 amide bonds. The first-order valence-electron chi connectivity index (χ1n) is 4.53. The Kier molecular flexibility index (Phi) is 3.44. The minimum atomic E-state index is -4.64. The Morgan fingerprint density at radius 2 is 2.00 bits per heavy atom. The largest absolute Gasteiger partial charge is 0.451 e. The van der Waals surface area contributed by atoms with Gasteiger partial charge in [-0.1, -0.05) is 11.6 Å². The van der Waals surface area contributed by atoms with Gasteiger partial charge >= 0.3 is 6.18 Å². The van der Waals surface area contributed by atoms with E-state index in [0.29, 0.717) is 5.82 Å². The van der Waals surface area contributed by atoms with Crippen LogP contribution in [0.4, 0.5) is 13.2 Å². The zero-order chi connectivity index (χ0) is 13.3. The second kappa shape index (κ2) is 4.73. The number of aromatic amines is 1. The molecule has 5 nitrogen and oxygen atoms in total. The number of alkyl halides is 3. The van der Waals surface area contributed by atoms with Gasteiger partial charge in [0, 0.05) is 6.07 Å².